The fourth-order valence-corrected chi connectivity index (χ4v) is 4.86. The summed E-state index contributed by atoms with van der Waals surface area (Å²) in [6, 6.07) is 10.1. The average molecular weight is 673 g/mol. The lowest BCUT2D eigenvalue weighted by Gasteiger charge is -2.24. The van der Waals surface area contributed by atoms with Gasteiger partial charge in [0.15, 0.2) is 11.5 Å². The van der Waals surface area contributed by atoms with Crippen LogP contribution in [0.4, 0.5) is 0 Å². The van der Waals surface area contributed by atoms with Crippen LogP contribution in [-0.2, 0) is 20.8 Å². The van der Waals surface area contributed by atoms with E-state index in [-0.39, 0.29) is 74.9 Å². The number of carbonyl (C=O) groups excluding carboxylic acids is 3. The second-order valence-electron chi connectivity index (χ2n) is 12.4. The van der Waals surface area contributed by atoms with Gasteiger partial charge in [-0.2, -0.15) is 0 Å². The molecule has 260 valence electrons. The van der Waals surface area contributed by atoms with Crippen molar-refractivity contribution < 1.29 is 48.7 Å². The van der Waals surface area contributed by atoms with Gasteiger partial charge in [-0.1, -0.05) is 47.4 Å². The van der Waals surface area contributed by atoms with Gasteiger partial charge in [0.1, 0.15) is 34.9 Å². The van der Waals surface area contributed by atoms with Crippen molar-refractivity contribution in [3.8, 4) is 40.2 Å². The molecular formula is C39H44O10. The van der Waals surface area contributed by atoms with Gasteiger partial charge in [-0.25, -0.2) is 14.4 Å². The molecule has 0 aliphatic heterocycles. The highest BCUT2D eigenvalue weighted by molar-refractivity contribution is 5.90. The van der Waals surface area contributed by atoms with Crippen molar-refractivity contribution in [1.29, 1.82) is 0 Å². The number of carbonyl (C=O) groups is 3. The van der Waals surface area contributed by atoms with Crippen LogP contribution in [0.3, 0.4) is 0 Å². The minimum atomic E-state index is -0.849. The average Bonchev–Trinajstić information content (AvgIpc) is 3.02. The highest BCUT2D eigenvalue weighted by atomic mass is 16.5. The third kappa shape index (κ3) is 9.53. The number of ether oxygens (including phenoxy) is 4. The van der Waals surface area contributed by atoms with E-state index in [2.05, 4.69) is 19.7 Å². The molecule has 0 aliphatic rings. The quantitative estimate of drug-likeness (QED) is 0.0868. The summed E-state index contributed by atoms with van der Waals surface area (Å²) in [6.45, 7) is 22.9. The van der Waals surface area contributed by atoms with Gasteiger partial charge in [-0.05, 0) is 87.4 Å². The summed E-state index contributed by atoms with van der Waals surface area (Å²) in [4.78, 5) is 37.3. The highest BCUT2D eigenvalue weighted by Gasteiger charge is 2.26. The van der Waals surface area contributed by atoms with Crippen LogP contribution in [0.2, 0.25) is 0 Å². The fourth-order valence-electron chi connectivity index (χ4n) is 4.86. The molecule has 3 N–H and O–H groups in total. The number of rotatable bonds is 14. The molecule has 0 fully saturated rings. The van der Waals surface area contributed by atoms with Gasteiger partial charge in [0.25, 0.3) is 0 Å². The molecule has 2 atom stereocenters. The molecule has 0 aliphatic carbocycles. The van der Waals surface area contributed by atoms with Gasteiger partial charge in [0, 0.05) is 39.5 Å². The largest absolute Gasteiger partial charge is 0.508 e. The number of hydrogen-bond donors (Lipinski definition) is 3. The molecule has 2 unspecified atom stereocenters. The number of phenolic OH excluding ortho intramolecular Hbond substituents is 3. The van der Waals surface area contributed by atoms with E-state index in [4.69, 9.17) is 18.9 Å². The van der Waals surface area contributed by atoms with E-state index >= 15 is 0 Å². The summed E-state index contributed by atoms with van der Waals surface area (Å²) >= 11 is 0. The second-order valence-corrected chi connectivity index (χ2v) is 12.4. The number of aromatic hydroxyl groups is 3. The van der Waals surface area contributed by atoms with Gasteiger partial charge >= 0.3 is 17.9 Å². The first-order valence-electron chi connectivity index (χ1n) is 15.8. The molecule has 0 aromatic heterocycles. The lowest BCUT2D eigenvalue weighted by molar-refractivity contribution is -0.131. The van der Waals surface area contributed by atoms with Crippen molar-refractivity contribution in [2.24, 2.45) is 0 Å². The van der Waals surface area contributed by atoms with E-state index in [1.165, 1.54) is 57.2 Å². The Kier molecular flexibility index (Phi) is 12.4. The molecule has 10 heteroatoms. The summed E-state index contributed by atoms with van der Waals surface area (Å²) in [6.07, 6.45) is -0.332. The van der Waals surface area contributed by atoms with E-state index in [0.29, 0.717) is 23.1 Å². The SMILES string of the molecule is C=C(C)C(=O)Oc1ccc(O)c(OC(CC)c2cc(OC(=O)C(=C)C)c(C(C)Cc3cc(O)c(C(C)C)cc3OC(=O)C(=C)C)cc2O)c1. The molecule has 0 radical (unpaired) electrons. The van der Waals surface area contributed by atoms with Crippen LogP contribution >= 0.6 is 0 Å². The zero-order chi connectivity index (χ0) is 36.7. The van der Waals surface area contributed by atoms with Gasteiger partial charge < -0.3 is 34.3 Å². The molecular weight excluding hydrogens is 628 g/mol. The first-order chi connectivity index (χ1) is 22.9. The Bertz CT molecular complexity index is 1800. The predicted molar refractivity (Wildman–Crippen MR) is 186 cm³/mol. The third-order valence-corrected chi connectivity index (χ3v) is 7.63. The van der Waals surface area contributed by atoms with E-state index < -0.39 is 29.9 Å². The van der Waals surface area contributed by atoms with Crippen molar-refractivity contribution in [3.63, 3.8) is 0 Å². The Morgan fingerprint density at radius 2 is 1.18 bits per heavy atom. The molecule has 3 aromatic carbocycles. The number of benzene rings is 3. The maximum Gasteiger partial charge on any atom is 0.338 e. The molecule has 3 rings (SSSR count). The summed E-state index contributed by atoms with van der Waals surface area (Å²) in [7, 11) is 0. The number of esters is 3. The van der Waals surface area contributed by atoms with Gasteiger partial charge in [0.05, 0.1) is 0 Å². The summed E-state index contributed by atoms with van der Waals surface area (Å²) in [5.41, 5.74) is 2.32. The third-order valence-electron chi connectivity index (χ3n) is 7.63. The Morgan fingerprint density at radius 3 is 1.73 bits per heavy atom. The summed E-state index contributed by atoms with van der Waals surface area (Å²) < 4.78 is 22.8. The highest BCUT2D eigenvalue weighted by Crippen LogP contribution is 2.43. The zero-order valence-electron chi connectivity index (χ0n) is 29.0. The Balaban J connectivity index is 2.08. The van der Waals surface area contributed by atoms with Crippen molar-refractivity contribution >= 4 is 17.9 Å². The lowest BCUT2D eigenvalue weighted by atomic mass is 9.89. The van der Waals surface area contributed by atoms with Gasteiger partial charge in [-0.3, -0.25) is 0 Å². The zero-order valence-corrected chi connectivity index (χ0v) is 29.0. The minimum Gasteiger partial charge on any atom is -0.508 e. The number of phenols is 3. The van der Waals surface area contributed by atoms with Crippen LogP contribution in [0.25, 0.3) is 0 Å². The van der Waals surface area contributed by atoms with Crippen molar-refractivity contribution in [3.05, 3.63) is 101 Å². The fraction of sp³-hybridized carbons (Fsp3) is 0.308. The topological polar surface area (TPSA) is 149 Å². The monoisotopic (exact) mass is 672 g/mol. The van der Waals surface area contributed by atoms with E-state index in [0.717, 1.165) is 0 Å². The molecule has 10 nitrogen and oxygen atoms in total. The van der Waals surface area contributed by atoms with E-state index in [9.17, 15) is 29.7 Å². The van der Waals surface area contributed by atoms with E-state index in [1.807, 2.05) is 20.8 Å². The van der Waals surface area contributed by atoms with Crippen molar-refractivity contribution in [2.75, 3.05) is 0 Å². The second kappa shape index (κ2) is 16.1. The van der Waals surface area contributed by atoms with Crippen molar-refractivity contribution in [1.82, 2.24) is 0 Å². The molecule has 0 heterocycles. The van der Waals surface area contributed by atoms with Gasteiger partial charge in [-0.15, -0.1) is 0 Å². The van der Waals surface area contributed by atoms with Crippen LogP contribution in [0.5, 0.6) is 40.2 Å². The lowest BCUT2D eigenvalue weighted by Crippen LogP contribution is -2.14. The normalized spacial score (nSPS) is 12.1. The molecule has 49 heavy (non-hydrogen) atoms. The summed E-state index contributed by atoms with van der Waals surface area (Å²) in [5.74, 6) is -2.40. The molecule has 3 aromatic rings. The Labute approximate surface area is 286 Å². The van der Waals surface area contributed by atoms with Crippen LogP contribution in [-0.4, -0.2) is 33.2 Å². The Morgan fingerprint density at radius 1 is 0.653 bits per heavy atom. The first kappa shape index (κ1) is 37.9. The molecule has 0 spiro atoms. The molecule has 0 amide bonds. The number of hydrogen-bond acceptors (Lipinski definition) is 10. The molecule has 0 saturated heterocycles. The van der Waals surface area contributed by atoms with Crippen LogP contribution in [0.15, 0.2) is 78.9 Å². The smallest absolute Gasteiger partial charge is 0.338 e. The maximum absolute atomic E-state index is 12.8. The molecule has 0 saturated carbocycles. The van der Waals surface area contributed by atoms with Crippen LogP contribution < -0.4 is 18.9 Å². The predicted octanol–water partition coefficient (Wildman–Crippen LogP) is 8.25. The van der Waals surface area contributed by atoms with Crippen LogP contribution in [0.1, 0.15) is 95.1 Å². The Hall–Kier alpha value is -5.51. The summed E-state index contributed by atoms with van der Waals surface area (Å²) in [5, 5.41) is 32.7. The van der Waals surface area contributed by atoms with Gasteiger partial charge in [0.2, 0.25) is 0 Å². The molecule has 0 bridgehead atoms. The minimum absolute atomic E-state index is 0.0160. The van der Waals surface area contributed by atoms with Crippen LogP contribution in [0, 0.1) is 0 Å². The maximum atomic E-state index is 12.8. The standard InChI is InChI=1S/C39H44O10/c1-11-33(47-36-16-26(12-13-30(36)40)46-37(43)21(4)5)29-19-35(49-39(45)23(8)9)28(17-32(29)42)24(10)14-25-15-31(41)27(20(2)3)18-34(25)48-38(44)22(6)7/h12-13,15-20,24,33,40-42H,4,6,8,11,14H2,1-3,5,7,9-10H3. The van der Waals surface area contributed by atoms with Crippen molar-refractivity contribution in [2.45, 2.75) is 79.2 Å². The first-order valence-corrected chi connectivity index (χ1v) is 15.8. The van der Waals surface area contributed by atoms with E-state index in [1.54, 1.807) is 13.0 Å².